The molecule has 0 aliphatic rings. The summed E-state index contributed by atoms with van der Waals surface area (Å²) in [5.41, 5.74) is 21.7. The van der Waals surface area contributed by atoms with E-state index < -0.39 is 29.4 Å². The van der Waals surface area contributed by atoms with Crippen molar-refractivity contribution in [2.45, 2.75) is 26.4 Å². The SMILES string of the molecule is CC(C)(C)OC(=O)Nc1ccc(-c2cccs2)cc1NC(=O)/C=C/c1cccc(C(N)=O)c1.NC(=O)c1cccc(/C=C/C(=O)Nc2cc(-c3cccs3)ccc2N)c1. The number of nitrogens with two attached hydrogens (primary N) is 3. The van der Waals surface area contributed by atoms with Gasteiger partial charge in [-0.15, -0.1) is 22.7 Å². The third-order valence-corrected chi connectivity index (χ3v) is 9.87. The van der Waals surface area contributed by atoms with E-state index in [2.05, 4.69) is 16.0 Å². The van der Waals surface area contributed by atoms with Gasteiger partial charge < -0.3 is 32.6 Å². The zero-order valence-corrected chi connectivity index (χ0v) is 34.0. The second kappa shape index (κ2) is 19.7. The van der Waals surface area contributed by atoms with E-state index in [4.69, 9.17) is 21.9 Å². The second-order valence-electron chi connectivity index (χ2n) is 13.8. The normalized spacial score (nSPS) is 11.0. The van der Waals surface area contributed by atoms with Crippen LogP contribution in [0.1, 0.15) is 52.6 Å². The Hall–Kier alpha value is -7.29. The van der Waals surface area contributed by atoms with Crippen molar-refractivity contribution in [2.75, 3.05) is 21.7 Å². The van der Waals surface area contributed by atoms with Crippen LogP contribution in [0.4, 0.5) is 27.5 Å². The fourth-order valence-electron chi connectivity index (χ4n) is 5.31. The van der Waals surface area contributed by atoms with E-state index in [9.17, 15) is 24.0 Å². The van der Waals surface area contributed by atoms with Gasteiger partial charge in [0.15, 0.2) is 0 Å². The van der Waals surface area contributed by atoms with Gasteiger partial charge in [-0.1, -0.05) is 48.5 Å². The van der Waals surface area contributed by atoms with Crippen LogP contribution in [0.2, 0.25) is 0 Å². The van der Waals surface area contributed by atoms with Crippen molar-refractivity contribution >= 4 is 87.3 Å². The van der Waals surface area contributed by atoms with Crippen LogP contribution in [-0.4, -0.2) is 35.3 Å². The lowest BCUT2D eigenvalue weighted by molar-refractivity contribution is -0.112. The number of carbonyl (C=O) groups excluding carboxylic acids is 5. The number of amides is 5. The molecule has 6 aromatic rings. The maximum atomic E-state index is 12.6. The summed E-state index contributed by atoms with van der Waals surface area (Å²) in [5, 5.41) is 12.2. The van der Waals surface area contributed by atoms with E-state index in [1.165, 1.54) is 12.2 Å². The third kappa shape index (κ3) is 13.1. The minimum absolute atomic E-state index is 0.315. The van der Waals surface area contributed by atoms with Gasteiger partial charge in [0.05, 0.1) is 22.7 Å². The van der Waals surface area contributed by atoms with E-state index in [0.29, 0.717) is 45.0 Å². The quantitative estimate of drug-likeness (QED) is 0.0550. The smallest absolute Gasteiger partial charge is 0.412 e. The highest BCUT2D eigenvalue weighted by atomic mass is 32.1. The Kier molecular flexibility index (Phi) is 14.3. The molecule has 0 aliphatic heterocycles. The lowest BCUT2D eigenvalue weighted by Crippen LogP contribution is -2.27. The van der Waals surface area contributed by atoms with Crippen molar-refractivity contribution in [2.24, 2.45) is 11.5 Å². The standard InChI is InChI=1S/C25H25N3O4S.C20H17N3O2S/c1-25(2,3)32-24(31)28-19-11-10-17(21-8-5-13-33-21)15-20(19)27-22(29)12-9-16-6-4-7-18(14-16)23(26)30;21-16-8-7-14(18-5-2-10-26-18)12-17(16)23-19(24)9-6-13-3-1-4-15(11-13)20(22)25/h4-15H,1-3H3,(H2,26,30)(H,27,29)(H,28,31);1-12H,21H2,(H2,22,25)(H,23,24)/b12-9+;9-6+. The van der Waals surface area contributed by atoms with Crippen LogP contribution in [0.15, 0.2) is 132 Å². The van der Waals surface area contributed by atoms with E-state index in [-0.39, 0.29) is 5.91 Å². The molecule has 5 amide bonds. The molecule has 0 atom stereocenters. The Balaban J connectivity index is 0.000000230. The first-order chi connectivity index (χ1) is 28.1. The number of thiophene rings is 2. The maximum absolute atomic E-state index is 12.6. The molecule has 0 saturated carbocycles. The molecule has 0 aliphatic carbocycles. The monoisotopic (exact) mass is 826 g/mol. The molecular formula is C45H42N6O6S2. The molecule has 14 heteroatoms. The largest absolute Gasteiger partial charge is 0.444 e. The minimum Gasteiger partial charge on any atom is -0.444 e. The van der Waals surface area contributed by atoms with Gasteiger partial charge in [0.25, 0.3) is 0 Å². The van der Waals surface area contributed by atoms with Crippen molar-refractivity contribution in [1.82, 2.24) is 0 Å². The van der Waals surface area contributed by atoms with Gasteiger partial charge in [0.1, 0.15) is 5.60 Å². The lowest BCUT2D eigenvalue weighted by atomic mass is 10.1. The molecular weight excluding hydrogens is 785 g/mol. The highest BCUT2D eigenvalue weighted by molar-refractivity contribution is 7.13. The van der Waals surface area contributed by atoms with Crippen LogP contribution >= 0.6 is 22.7 Å². The molecule has 0 saturated heterocycles. The molecule has 4 aromatic carbocycles. The number of rotatable bonds is 11. The molecule has 0 unspecified atom stereocenters. The van der Waals surface area contributed by atoms with E-state index >= 15 is 0 Å². The van der Waals surface area contributed by atoms with E-state index in [0.717, 1.165) is 20.9 Å². The van der Waals surface area contributed by atoms with Crippen molar-refractivity contribution < 1.29 is 28.7 Å². The predicted molar refractivity (Wildman–Crippen MR) is 239 cm³/mol. The number of hydrogen-bond acceptors (Lipinski definition) is 9. The molecule has 0 radical (unpaired) electrons. The summed E-state index contributed by atoms with van der Waals surface area (Å²) in [7, 11) is 0. The van der Waals surface area contributed by atoms with Crippen LogP contribution in [-0.2, 0) is 14.3 Å². The number of primary amides is 2. The van der Waals surface area contributed by atoms with E-state index in [1.807, 2.05) is 53.2 Å². The average molecular weight is 827 g/mol. The molecule has 6 rings (SSSR count). The van der Waals surface area contributed by atoms with Gasteiger partial charge in [-0.25, -0.2) is 4.79 Å². The molecule has 59 heavy (non-hydrogen) atoms. The number of carbonyl (C=O) groups is 5. The highest BCUT2D eigenvalue weighted by Crippen LogP contribution is 2.33. The molecule has 12 nitrogen and oxygen atoms in total. The Labute approximate surface area is 349 Å². The Morgan fingerprint density at radius 1 is 0.576 bits per heavy atom. The Morgan fingerprint density at radius 2 is 1.07 bits per heavy atom. The predicted octanol–water partition coefficient (Wildman–Crippen LogP) is 9.26. The summed E-state index contributed by atoms with van der Waals surface area (Å²) in [6, 6.07) is 32.2. The fourth-order valence-corrected chi connectivity index (χ4v) is 6.76. The summed E-state index contributed by atoms with van der Waals surface area (Å²) >= 11 is 3.18. The Bertz CT molecular complexity index is 2520. The third-order valence-electron chi connectivity index (χ3n) is 8.03. The van der Waals surface area contributed by atoms with Crippen LogP contribution in [0.5, 0.6) is 0 Å². The van der Waals surface area contributed by atoms with Crippen LogP contribution in [0.25, 0.3) is 33.0 Å². The molecule has 2 heterocycles. The number of nitrogens with one attached hydrogen (secondary N) is 3. The number of nitrogen functional groups attached to an aromatic ring is 1. The van der Waals surface area contributed by atoms with Crippen molar-refractivity contribution in [3.63, 3.8) is 0 Å². The van der Waals surface area contributed by atoms with Crippen LogP contribution in [0, 0.1) is 0 Å². The molecule has 2 aromatic heterocycles. The molecule has 300 valence electrons. The number of benzene rings is 4. The minimum atomic E-state index is -0.660. The summed E-state index contributed by atoms with van der Waals surface area (Å²) in [6.07, 6.45) is 5.29. The zero-order valence-electron chi connectivity index (χ0n) is 32.4. The fraction of sp³-hybridized carbons (Fsp3) is 0.0889. The van der Waals surface area contributed by atoms with Crippen molar-refractivity contribution in [3.05, 3.63) is 154 Å². The van der Waals surface area contributed by atoms with Gasteiger partial charge in [0.2, 0.25) is 23.6 Å². The molecule has 9 N–H and O–H groups in total. The highest BCUT2D eigenvalue weighted by Gasteiger charge is 2.18. The maximum Gasteiger partial charge on any atom is 0.412 e. The lowest BCUT2D eigenvalue weighted by Gasteiger charge is -2.20. The number of ether oxygens (including phenoxy) is 1. The first-order valence-corrected chi connectivity index (χ1v) is 19.8. The van der Waals surface area contributed by atoms with E-state index in [1.54, 1.807) is 122 Å². The molecule has 0 fully saturated rings. The molecule has 0 spiro atoms. The Morgan fingerprint density at radius 3 is 1.54 bits per heavy atom. The zero-order chi connectivity index (χ0) is 42.5. The van der Waals surface area contributed by atoms with Gasteiger partial charge in [-0.3, -0.25) is 24.5 Å². The summed E-state index contributed by atoms with van der Waals surface area (Å²) in [4.78, 5) is 61.8. The topological polar surface area (TPSA) is 209 Å². The summed E-state index contributed by atoms with van der Waals surface area (Å²) < 4.78 is 5.33. The first kappa shape index (κ1) is 42.8. The van der Waals surface area contributed by atoms with Gasteiger partial charge in [-0.05, 0) is 127 Å². The van der Waals surface area contributed by atoms with Crippen LogP contribution in [0.3, 0.4) is 0 Å². The summed E-state index contributed by atoms with van der Waals surface area (Å²) in [6.45, 7) is 5.31. The van der Waals surface area contributed by atoms with Crippen molar-refractivity contribution in [3.8, 4) is 20.9 Å². The average Bonchev–Trinajstić information content (AvgIpc) is 3.94. The van der Waals surface area contributed by atoms with Gasteiger partial charge >= 0.3 is 6.09 Å². The number of hydrogen-bond donors (Lipinski definition) is 6. The van der Waals surface area contributed by atoms with Crippen molar-refractivity contribution in [1.29, 1.82) is 0 Å². The summed E-state index contributed by atoms with van der Waals surface area (Å²) in [5.74, 6) is -1.78. The number of anilines is 4. The van der Waals surface area contributed by atoms with Crippen LogP contribution < -0.4 is 33.2 Å². The second-order valence-corrected chi connectivity index (χ2v) is 15.7. The van der Waals surface area contributed by atoms with Gasteiger partial charge in [0, 0.05) is 33.0 Å². The van der Waals surface area contributed by atoms with Gasteiger partial charge in [-0.2, -0.15) is 0 Å². The first-order valence-electron chi connectivity index (χ1n) is 18.0. The molecule has 0 bridgehead atoms.